The van der Waals surface area contributed by atoms with E-state index in [0.717, 1.165) is 23.4 Å². The molecule has 0 fully saturated rings. The van der Waals surface area contributed by atoms with Gasteiger partial charge in [0.2, 0.25) is 0 Å². The van der Waals surface area contributed by atoms with Crippen LogP contribution in [-0.4, -0.2) is 6.04 Å². The Morgan fingerprint density at radius 1 is 1.31 bits per heavy atom. The molecule has 0 spiro atoms. The molecular weight excluding hydrogens is 218 g/mol. The lowest BCUT2D eigenvalue weighted by Gasteiger charge is -2.33. The number of allylic oxidation sites excluding steroid dienone is 1. The van der Waals surface area contributed by atoms with Crippen LogP contribution < -0.4 is 5.73 Å². The first-order valence-electron chi connectivity index (χ1n) is 5.69. The van der Waals surface area contributed by atoms with Crippen LogP contribution in [0.15, 0.2) is 30.3 Å². The van der Waals surface area contributed by atoms with E-state index in [2.05, 4.69) is 26.0 Å². The van der Waals surface area contributed by atoms with Crippen LogP contribution >= 0.6 is 11.6 Å². The third kappa shape index (κ3) is 2.47. The monoisotopic (exact) mass is 235 g/mol. The van der Waals surface area contributed by atoms with Gasteiger partial charge in [-0.05, 0) is 35.5 Å². The maximum absolute atomic E-state index is 6.22. The second kappa shape index (κ2) is 4.23. The van der Waals surface area contributed by atoms with Crippen LogP contribution in [-0.2, 0) is 0 Å². The van der Waals surface area contributed by atoms with Gasteiger partial charge in [0.05, 0.1) is 0 Å². The molecule has 0 aliphatic heterocycles. The predicted molar refractivity (Wildman–Crippen MR) is 70.4 cm³/mol. The van der Waals surface area contributed by atoms with Gasteiger partial charge in [0, 0.05) is 11.1 Å². The van der Waals surface area contributed by atoms with Crippen LogP contribution in [0.5, 0.6) is 0 Å². The zero-order valence-electron chi connectivity index (χ0n) is 9.83. The van der Waals surface area contributed by atoms with Crippen molar-refractivity contribution < 1.29 is 0 Å². The highest BCUT2D eigenvalue weighted by molar-refractivity contribution is 6.32. The lowest BCUT2D eigenvalue weighted by atomic mass is 9.74. The number of rotatable bonds is 1. The fourth-order valence-electron chi connectivity index (χ4n) is 2.51. The minimum atomic E-state index is 0.148. The highest BCUT2D eigenvalue weighted by Gasteiger charge is 2.27. The fraction of sp³-hybridized carbons (Fsp3) is 0.429. The Hall–Kier alpha value is -0.790. The Morgan fingerprint density at radius 2 is 2.00 bits per heavy atom. The van der Waals surface area contributed by atoms with E-state index in [1.807, 2.05) is 18.2 Å². The van der Waals surface area contributed by atoms with E-state index in [1.165, 1.54) is 5.57 Å². The van der Waals surface area contributed by atoms with Gasteiger partial charge in [0.1, 0.15) is 0 Å². The topological polar surface area (TPSA) is 26.0 Å². The van der Waals surface area contributed by atoms with Crippen molar-refractivity contribution in [1.29, 1.82) is 0 Å². The molecule has 1 aliphatic rings. The Kier molecular flexibility index (Phi) is 3.09. The van der Waals surface area contributed by atoms with Gasteiger partial charge < -0.3 is 5.73 Å². The summed E-state index contributed by atoms with van der Waals surface area (Å²) in [6, 6.07) is 8.14. The van der Waals surface area contributed by atoms with Crippen LogP contribution in [0.2, 0.25) is 5.02 Å². The van der Waals surface area contributed by atoms with Gasteiger partial charge in [-0.15, -0.1) is 0 Å². The van der Waals surface area contributed by atoms with Gasteiger partial charge in [-0.25, -0.2) is 0 Å². The summed E-state index contributed by atoms with van der Waals surface area (Å²) in [5.41, 5.74) is 8.75. The second-order valence-corrected chi connectivity index (χ2v) is 5.79. The van der Waals surface area contributed by atoms with Gasteiger partial charge in [-0.1, -0.05) is 49.7 Å². The number of halogens is 1. The molecule has 1 aliphatic carbocycles. The molecule has 0 saturated carbocycles. The van der Waals surface area contributed by atoms with E-state index in [-0.39, 0.29) is 11.5 Å². The third-order valence-electron chi connectivity index (χ3n) is 3.09. The molecular formula is C14H18ClN. The van der Waals surface area contributed by atoms with E-state index in [9.17, 15) is 0 Å². The highest BCUT2D eigenvalue weighted by Crippen LogP contribution is 2.40. The molecule has 2 rings (SSSR count). The molecule has 0 aromatic heterocycles. The average molecular weight is 236 g/mol. The first kappa shape index (κ1) is 11.7. The standard InChI is InChI=1S/C14H18ClN/c1-14(2)8-10(7-11(16)9-14)12-5-3-4-6-13(12)15/h3-7,11H,8-9,16H2,1-2H3. The van der Waals surface area contributed by atoms with Crippen molar-refractivity contribution in [3.05, 3.63) is 40.9 Å². The van der Waals surface area contributed by atoms with Crippen LogP contribution in [0.25, 0.3) is 5.57 Å². The molecule has 1 aromatic carbocycles. The molecule has 0 radical (unpaired) electrons. The second-order valence-electron chi connectivity index (χ2n) is 5.38. The third-order valence-corrected chi connectivity index (χ3v) is 3.42. The number of hydrogen-bond donors (Lipinski definition) is 1. The van der Waals surface area contributed by atoms with Crippen LogP contribution in [0.1, 0.15) is 32.3 Å². The zero-order chi connectivity index (χ0) is 11.8. The lowest BCUT2D eigenvalue weighted by Crippen LogP contribution is -2.30. The molecule has 0 amide bonds. The molecule has 0 bridgehead atoms. The van der Waals surface area contributed by atoms with E-state index < -0.39 is 0 Å². The first-order chi connectivity index (χ1) is 7.48. The summed E-state index contributed by atoms with van der Waals surface area (Å²) in [7, 11) is 0. The average Bonchev–Trinajstić information content (AvgIpc) is 2.15. The first-order valence-corrected chi connectivity index (χ1v) is 6.07. The predicted octanol–water partition coefficient (Wildman–Crippen LogP) is 3.87. The van der Waals surface area contributed by atoms with Crippen molar-refractivity contribution in [2.24, 2.45) is 11.1 Å². The number of benzene rings is 1. The van der Waals surface area contributed by atoms with Crippen LogP contribution in [0.3, 0.4) is 0 Å². The van der Waals surface area contributed by atoms with Gasteiger partial charge in [-0.2, -0.15) is 0 Å². The van der Waals surface area contributed by atoms with Crippen molar-refractivity contribution in [2.45, 2.75) is 32.7 Å². The summed E-state index contributed by atoms with van der Waals surface area (Å²) in [6.07, 6.45) is 4.25. The Balaban J connectivity index is 2.38. The van der Waals surface area contributed by atoms with E-state index in [0.29, 0.717) is 0 Å². The molecule has 0 saturated heterocycles. The quantitative estimate of drug-likeness (QED) is 0.786. The summed E-state index contributed by atoms with van der Waals surface area (Å²) < 4.78 is 0. The van der Waals surface area contributed by atoms with E-state index in [4.69, 9.17) is 17.3 Å². The van der Waals surface area contributed by atoms with E-state index >= 15 is 0 Å². The Labute approximate surface area is 102 Å². The molecule has 16 heavy (non-hydrogen) atoms. The smallest absolute Gasteiger partial charge is 0.0481 e. The van der Waals surface area contributed by atoms with Crippen molar-refractivity contribution in [3.63, 3.8) is 0 Å². The maximum atomic E-state index is 6.22. The summed E-state index contributed by atoms with van der Waals surface area (Å²) in [6.45, 7) is 4.52. The number of nitrogens with two attached hydrogens (primary N) is 1. The molecule has 1 nitrogen and oxygen atoms in total. The minimum Gasteiger partial charge on any atom is -0.324 e. The Bertz CT molecular complexity index is 420. The largest absolute Gasteiger partial charge is 0.324 e. The summed E-state index contributed by atoms with van der Waals surface area (Å²) in [5.74, 6) is 0. The summed E-state index contributed by atoms with van der Waals surface area (Å²) in [4.78, 5) is 0. The lowest BCUT2D eigenvalue weighted by molar-refractivity contribution is 0.319. The highest BCUT2D eigenvalue weighted by atomic mass is 35.5. The summed E-state index contributed by atoms with van der Waals surface area (Å²) in [5, 5.41) is 0.818. The van der Waals surface area contributed by atoms with Crippen LogP contribution in [0.4, 0.5) is 0 Å². The maximum Gasteiger partial charge on any atom is 0.0481 e. The SMILES string of the molecule is CC1(C)CC(c2ccccc2Cl)=CC(N)C1. The molecule has 2 heteroatoms. The zero-order valence-corrected chi connectivity index (χ0v) is 10.6. The molecule has 0 heterocycles. The normalized spacial score (nSPS) is 24.0. The van der Waals surface area contributed by atoms with Gasteiger partial charge in [0.25, 0.3) is 0 Å². The molecule has 1 atom stereocenters. The van der Waals surface area contributed by atoms with Crippen molar-refractivity contribution in [3.8, 4) is 0 Å². The van der Waals surface area contributed by atoms with Gasteiger partial charge >= 0.3 is 0 Å². The summed E-state index contributed by atoms with van der Waals surface area (Å²) >= 11 is 6.22. The molecule has 1 unspecified atom stereocenters. The molecule has 2 N–H and O–H groups in total. The molecule has 86 valence electrons. The fourth-order valence-corrected chi connectivity index (χ4v) is 2.77. The minimum absolute atomic E-state index is 0.148. The van der Waals surface area contributed by atoms with Gasteiger partial charge in [-0.3, -0.25) is 0 Å². The Morgan fingerprint density at radius 3 is 2.62 bits per heavy atom. The number of hydrogen-bond acceptors (Lipinski definition) is 1. The van der Waals surface area contributed by atoms with Crippen molar-refractivity contribution in [2.75, 3.05) is 0 Å². The van der Waals surface area contributed by atoms with Crippen LogP contribution in [0, 0.1) is 5.41 Å². The van der Waals surface area contributed by atoms with Crippen molar-refractivity contribution >= 4 is 17.2 Å². The van der Waals surface area contributed by atoms with E-state index in [1.54, 1.807) is 0 Å². The van der Waals surface area contributed by atoms with Gasteiger partial charge in [0.15, 0.2) is 0 Å². The van der Waals surface area contributed by atoms with Crippen molar-refractivity contribution in [1.82, 2.24) is 0 Å². The molecule has 1 aromatic rings.